The van der Waals surface area contributed by atoms with Crippen molar-refractivity contribution in [3.8, 4) is 0 Å². The molecule has 3 atom stereocenters. The second-order valence-corrected chi connectivity index (χ2v) is 6.96. The Kier molecular flexibility index (Phi) is 3.20. The fourth-order valence-corrected chi connectivity index (χ4v) is 3.41. The molecule has 0 unspecified atom stereocenters. The third-order valence-electron chi connectivity index (χ3n) is 5.29. The second kappa shape index (κ2) is 5.11. The molecule has 118 valence electrons. The zero-order valence-corrected chi connectivity index (χ0v) is 12.9. The van der Waals surface area contributed by atoms with Crippen molar-refractivity contribution in [3.05, 3.63) is 18.0 Å². The molecule has 1 aliphatic heterocycles. The fourth-order valence-electron chi connectivity index (χ4n) is 3.41. The maximum absolute atomic E-state index is 12.6. The van der Waals surface area contributed by atoms with Crippen molar-refractivity contribution in [2.75, 3.05) is 6.54 Å². The number of carbonyl (C=O) groups is 2. The Morgan fingerprint density at radius 1 is 1.36 bits per heavy atom. The van der Waals surface area contributed by atoms with E-state index in [2.05, 4.69) is 17.3 Å². The fraction of sp³-hybridized carbons (Fsp3) is 0.688. The first-order valence-electron chi connectivity index (χ1n) is 8.25. The van der Waals surface area contributed by atoms with Gasteiger partial charge in [-0.1, -0.05) is 6.92 Å². The smallest absolute Gasteiger partial charge is 0.246 e. The van der Waals surface area contributed by atoms with E-state index in [9.17, 15) is 9.59 Å². The average Bonchev–Trinajstić information content (AvgIpc) is 3.00. The van der Waals surface area contributed by atoms with E-state index in [1.54, 1.807) is 10.9 Å². The third-order valence-corrected chi connectivity index (χ3v) is 5.29. The highest BCUT2D eigenvalue weighted by molar-refractivity contribution is 5.85. The minimum Gasteiger partial charge on any atom is -0.351 e. The van der Waals surface area contributed by atoms with Crippen LogP contribution in [0.2, 0.25) is 0 Å². The van der Waals surface area contributed by atoms with Crippen LogP contribution in [0.25, 0.3) is 0 Å². The van der Waals surface area contributed by atoms with Crippen LogP contribution in [-0.4, -0.2) is 39.1 Å². The Labute approximate surface area is 129 Å². The molecule has 0 saturated heterocycles. The maximum Gasteiger partial charge on any atom is 0.246 e. The minimum atomic E-state index is -0.391. The van der Waals surface area contributed by atoms with Gasteiger partial charge in [0, 0.05) is 18.2 Å². The van der Waals surface area contributed by atoms with Gasteiger partial charge in [0.25, 0.3) is 0 Å². The van der Waals surface area contributed by atoms with Crippen LogP contribution in [0.15, 0.2) is 12.3 Å². The molecular weight excluding hydrogens is 280 g/mol. The molecule has 3 aliphatic rings. The summed E-state index contributed by atoms with van der Waals surface area (Å²) in [7, 11) is 0. The molecule has 6 heteroatoms. The summed E-state index contributed by atoms with van der Waals surface area (Å²) in [6, 6.07) is 1.82. The molecule has 1 N–H and O–H groups in total. The Bertz CT molecular complexity index is 607. The molecule has 22 heavy (non-hydrogen) atoms. The lowest BCUT2D eigenvalue weighted by Gasteiger charge is -2.35. The Morgan fingerprint density at radius 2 is 2.14 bits per heavy atom. The van der Waals surface area contributed by atoms with Gasteiger partial charge in [-0.15, -0.1) is 0 Å². The molecular formula is C16H22N4O2. The molecule has 0 aromatic carbocycles. The molecule has 2 heterocycles. The van der Waals surface area contributed by atoms with Crippen molar-refractivity contribution in [2.45, 2.75) is 51.2 Å². The summed E-state index contributed by atoms with van der Waals surface area (Å²) in [5, 5.41) is 7.39. The summed E-state index contributed by atoms with van der Waals surface area (Å²) >= 11 is 0. The Hall–Kier alpha value is -1.85. The average molecular weight is 302 g/mol. The van der Waals surface area contributed by atoms with Gasteiger partial charge in [-0.25, -0.2) is 0 Å². The molecule has 1 aromatic heterocycles. The molecule has 6 nitrogen and oxygen atoms in total. The minimum absolute atomic E-state index is 0.00371. The first kappa shape index (κ1) is 13.8. The van der Waals surface area contributed by atoms with Crippen LogP contribution in [0.4, 0.5) is 0 Å². The van der Waals surface area contributed by atoms with E-state index in [-0.39, 0.29) is 17.7 Å². The zero-order valence-electron chi connectivity index (χ0n) is 12.9. The molecule has 2 aliphatic carbocycles. The molecule has 0 bridgehead atoms. The summed E-state index contributed by atoms with van der Waals surface area (Å²) in [6.45, 7) is 3.11. The van der Waals surface area contributed by atoms with Crippen molar-refractivity contribution in [2.24, 2.45) is 11.8 Å². The largest absolute Gasteiger partial charge is 0.351 e. The van der Waals surface area contributed by atoms with Gasteiger partial charge in [0.15, 0.2) is 0 Å². The van der Waals surface area contributed by atoms with Gasteiger partial charge in [0.05, 0.1) is 18.8 Å². The highest BCUT2D eigenvalue weighted by Gasteiger charge is 2.44. The van der Waals surface area contributed by atoms with Gasteiger partial charge < -0.3 is 10.2 Å². The molecule has 2 amide bonds. The summed E-state index contributed by atoms with van der Waals surface area (Å²) in [6.07, 6.45) is 6.01. The number of hydrogen-bond acceptors (Lipinski definition) is 3. The standard InChI is InChI=1S/C16H22N4O2/c1-10-7-13(10)16(22)19-8-12-5-6-17-20(12)14(9-19)15(21)18-11-3-2-4-11/h5-6,10-11,13-14H,2-4,7-9H2,1H3,(H,18,21)/t10-,13+,14-/m1/s1. The number of amides is 2. The van der Waals surface area contributed by atoms with Gasteiger partial charge in [-0.3, -0.25) is 14.3 Å². The molecule has 4 rings (SSSR count). The summed E-state index contributed by atoms with van der Waals surface area (Å²) in [5.74, 6) is 0.837. The van der Waals surface area contributed by atoms with Crippen LogP contribution in [0, 0.1) is 11.8 Å². The van der Waals surface area contributed by atoms with Crippen molar-refractivity contribution >= 4 is 11.8 Å². The molecule has 2 saturated carbocycles. The number of rotatable bonds is 3. The first-order valence-corrected chi connectivity index (χ1v) is 8.25. The Morgan fingerprint density at radius 3 is 2.77 bits per heavy atom. The van der Waals surface area contributed by atoms with Crippen LogP contribution < -0.4 is 5.32 Å². The number of hydrogen-bond donors (Lipinski definition) is 1. The summed E-state index contributed by atoms with van der Waals surface area (Å²) < 4.78 is 1.79. The number of nitrogens with one attached hydrogen (secondary N) is 1. The van der Waals surface area contributed by atoms with Crippen LogP contribution in [0.3, 0.4) is 0 Å². The third kappa shape index (κ3) is 2.30. The number of fused-ring (bicyclic) bond motifs is 1. The Balaban J connectivity index is 1.52. The lowest BCUT2D eigenvalue weighted by molar-refractivity contribution is -0.137. The van der Waals surface area contributed by atoms with Gasteiger partial charge >= 0.3 is 0 Å². The predicted octanol–water partition coefficient (Wildman–Crippen LogP) is 1.09. The maximum atomic E-state index is 12.6. The topological polar surface area (TPSA) is 67.2 Å². The number of aromatic nitrogens is 2. The van der Waals surface area contributed by atoms with Crippen molar-refractivity contribution in [1.29, 1.82) is 0 Å². The van der Waals surface area contributed by atoms with E-state index in [4.69, 9.17) is 0 Å². The van der Waals surface area contributed by atoms with E-state index in [1.807, 2.05) is 11.0 Å². The highest BCUT2D eigenvalue weighted by atomic mass is 16.2. The zero-order chi connectivity index (χ0) is 15.3. The lowest BCUT2D eigenvalue weighted by Crippen LogP contribution is -2.50. The van der Waals surface area contributed by atoms with Crippen LogP contribution in [0.5, 0.6) is 0 Å². The lowest BCUT2D eigenvalue weighted by atomic mass is 9.93. The van der Waals surface area contributed by atoms with Gasteiger partial charge in [0.2, 0.25) is 11.8 Å². The monoisotopic (exact) mass is 302 g/mol. The number of carbonyl (C=O) groups excluding carboxylic acids is 2. The molecule has 1 aromatic rings. The van der Waals surface area contributed by atoms with Crippen molar-refractivity contribution in [1.82, 2.24) is 20.0 Å². The van der Waals surface area contributed by atoms with Gasteiger partial charge in [-0.05, 0) is 37.7 Å². The molecule has 0 spiro atoms. The van der Waals surface area contributed by atoms with E-state index in [1.165, 1.54) is 6.42 Å². The van der Waals surface area contributed by atoms with Crippen molar-refractivity contribution < 1.29 is 9.59 Å². The molecule has 2 fully saturated rings. The quantitative estimate of drug-likeness (QED) is 0.909. The first-order chi connectivity index (χ1) is 10.6. The van der Waals surface area contributed by atoms with E-state index >= 15 is 0 Å². The van der Waals surface area contributed by atoms with E-state index < -0.39 is 6.04 Å². The van der Waals surface area contributed by atoms with E-state index in [0.29, 0.717) is 25.0 Å². The van der Waals surface area contributed by atoms with Crippen LogP contribution >= 0.6 is 0 Å². The summed E-state index contributed by atoms with van der Waals surface area (Å²) in [4.78, 5) is 26.9. The normalized spacial score (nSPS) is 30.4. The van der Waals surface area contributed by atoms with Crippen LogP contribution in [-0.2, 0) is 16.1 Å². The SMILES string of the molecule is C[C@@H]1C[C@@H]1C(=O)N1Cc2ccnn2[C@@H](C(=O)NC2CCC2)C1. The summed E-state index contributed by atoms with van der Waals surface area (Å²) in [5.41, 5.74) is 0.946. The predicted molar refractivity (Wildman–Crippen MR) is 79.7 cm³/mol. The second-order valence-electron chi connectivity index (χ2n) is 6.96. The van der Waals surface area contributed by atoms with E-state index in [0.717, 1.165) is 25.0 Å². The highest BCUT2D eigenvalue weighted by Crippen LogP contribution is 2.40. The van der Waals surface area contributed by atoms with Gasteiger partial charge in [0.1, 0.15) is 6.04 Å². The number of nitrogens with zero attached hydrogens (tertiary/aromatic N) is 3. The van der Waals surface area contributed by atoms with Gasteiger partial charge in [-0.2, -0.15) is 5.10 Å². The molecule has 0 radical (unpaired) electrons. The van der Waals surface area contributed by atoms with Crippen LogP contribution in [0.1, 0.15) is 44.3 Å². The van der Waals surface area contributed by atoms with Crippen molar-refractivity contribution in [3.63, 3.8) is 0 Å².